The summed E-state index contributed by atoms with van der Waals surface area (Å²) in [7, 11) is 0. The minimum absolute atomic E-state index is 0.0766. The summed E-state index contributed by atoms with van der Waals surface area (Å²) < 4.78 is 7.20. The van der Waals surface area contributed by atoms with E-state index < -0.39 is 0 Å². The summed E-state index contributed by atoms with van der Waals surface area (Å²) in [6, 6.07) is 2.08. The average molecular weight is 263 g/mol. The van der Waals surface area contributed by atoms with Crippen molar-refractivity contribution in [3.63, 3.8) is 0 Å². The van der Waals surface area contributed by atoms with Gasteiger partial charge in [-0.15, -0.1) is 0 Å². The summed E-state index contributed by atoms with van der Waals surface area (Å²) in [5.41, 5.74) is 7.80. The van der Waals surface area contributed by atoms with Crippen LogP contribution in [0.2, 0.25) is 0 Å². The number of rotatable bonds is 6. The van der Waals surface area contributed by atoms with Crippen LogP contribution in [0.1, 0.15) is 38.7 Å². The second-order valence-corrected chi connectivity index (χ2v) is 4.58. The predicted molar refractivity (Wildman–Crippen MR) is 72.5 cm³/mol. The first-order valence-corrected chi connectivity index (χ1v) is 6.83. The first-order chi connectivity index (χ1) is 9.17. The van der Waals surface area contributed by atoms with Crippen LogP contribution in [0, 0.1) is 0 Å². The Morgan fingerprint density at radius 3 is 2.79 bits per heavy atom. The molecular formula is C13H21N5O. The minimum Gasteiger partial charge on any atom is -0.332 e. The normalized spacial score (nSPS) is 12.8. The lowest BCUT2D eigenvalue weighted by Crippen LogP contribution is -2.21. The Hall–Kier alpha value is -1.69. The van der Waals surface area contributed by atoms with Crippen molar-refractivity contribution in [3.05, 3.63) is 17.6 Å². The molecule has 0 saturated carbocycles. The van der Waals surface area contributed by atoms with E-state index in [0.717, 1.165) is 30.8 Å². The van der Waals surface area contributed by atoms with Crippen molar-refractivity contribution in [2.75, 3.05) is 0 Å². The number of hydrogen-bond acceptors (Lipinski definition) is 5. The molecule has 104 valence electrons. The Bertz CT molecular complexity index is 531. The van der Waals surface area contributed by atoms with Gasteiger partial charge in [0.15, 0.2) is 5.82 Å². The fraction of sp³-hybridized carbons (Fsp3) is 0.615. The van der Waals surface area contributed by atoms with E-state index >= 15 is 0 Å². The monoisotopic (exact) mass is 263 g/mol. The quantitative estimate of drug-likeness (QED) is 0.859. The molecule has 2 N–H and O–H groups in total. The second-order valence-electron chi connectivity index (χ2n) is 4.58. The van der Waals surface area contributed by atoms with Crippen molar-refractivity contribution in [1.29, 1.82) is 0 Å². The number of hydrogen-bond donors (Lipinski definition) is 1. The highest BCUT2D eigenvalue weighted by atomic mass is 16.5. The fourth-order valence-corrected chi connectivity index (χ4v) is 1.88. The maximum absolute atomic E-state index is 5.90. The van der Waals surface area contributed by atoms with Crippen molar-refractivity contribution in [3.8, 4) is 11.6 Å². The Kier molecular flexibility index (Phi) is 4.31. The van der Waals surface area contributed by atoms with Gasteiger partial charge in [0.1, 0.15) is 5.69 Å². The van der Waals surface area contributed by atoms with E-state index in [1.54, 1.807) is 0 Å². The number of nitrogens with two attached hydrogens (primary N) is 1. The summed E-state index contributed by atoms with van der Waals surface area (Å²) in [6.07, 6.45) is 2.43. The minimum atomic E-state index is 0.0766. The van der Waals surface area contributed by atoms with E-state index in [9.17, 15) is 0 Å². The highest BCUT2D eigenvalue weighted by Gasteiger charge is 2.16. The largest absolute Gasteiger partial charge is 0.332 e. The molecule has 1 atom stereocenters. The Balaban J connectivity index is 2.24. The molecule has 1 unspecified atom stereocenters. The van der Waals surface area contributed by atoms with E-state index in [4.69, 9.17) is 10.3 Å². The number of aromatic nitrogens is 4. The lowest BCUT2D eigenvalue weighted by Gasteiger charge is -2.02. The molecule has 6 nitrogen and oxygen atoms in total. The van der Waals surface area contributed by atoms with Crippen LogP contribution in [0.3, 0.4) is 0 Å². The molecule has 6 heteroatoms. The number of nitrogens with zero attached hydrogens (tertiary/aromatic N) is 4. The van der Waals surface area contributed by atoms with E-state index in [1.165, 1.54) is 0 Å². The Morgan fingerprint density at radius 1 is 1.37 bits per heavy atom. The van der Waals surface area contributed by atoms with Crippen LogP contribution in [0.25, 0.3) is 11.6 Å². The standard InChI is InChI=1S/C13H21N5O/c1-4-9(14)7-12-15-13(19-17-12)11-8-10(5-2)16-18(11)6-3/h8-9H,4-7,14H2,1-3H3. The third-order valence-electron chi connectivity index (χ3n) is 3.15. The van der Waals surface area contributed by atoms with Crippen LogP contribution in [0.15, 0.2) is 10.6 Å². The van der Waals surface area contributed by atoms with Gasteiger partial charge in [-0.1, -0.05) is 19.0 Å². The summed E-state index contributed by atoms with van der Waals surface area (Å²) in [5, 5.41) is 8.46. The Morgan fingerprint density at radius 2 is 2.16 bits per heavy atom. The van der Waals surface area contributed by atoms with Gasteiger partial charge in [-0.3, -0.25) is 4.68 Å². The van der Waals surface area contributed by atoms with Gasteiger partial charge in [0.2, 0.25) is 0 Å². The van der Waals surface area contributed by atoms with Crippen LogP contribution in [-0.2, 0) is 19.4 Å². The van der Waals surface area contributed by atoms with Gasteiger partial charge in [-0.25, -0.2) is 0 Å². The van der Waals surface area contributed by atoms with Crippen molar-refractivity contribution in [1.82, 2.24) is 19.9 Å². The molecule has 0 aromatic carbocycles. The van der Waals surface area contributed by atoms with E-state index in [1.807, 2.05) is 24.6 Å². The van der Waals surface area contributed by atoms with Gasteiger partial charge in [0.05, 0.1) is 5.69 Å². The maximum Gasteiger partial charge on any atom is 0.276 e. The summed E-state index contributed by atoms with van der Waals surface area (Å²) in [5.74, 6) is 1.18. The van der Waals surface area contributed by atoms with Crippen LogP contribution in [0.5, 0.6) is 0 Å². The molecule has 0 aliphatic heterocycles. The molecule has 0 spiro atoms. The second kappa shape index (κ2) is 5.97. The molecule has 0 aliphatic rings. The fourth-order valence-electron chi connectivity index (χ4n) is 1.88. The van der Waals surface area contributed by atoms with Crippen molar-refractivity contribution in [2.24, 2.45) is 5.73 Å². The van der Waals surface area contributed by atoms with Gasteiger partial charge in [-0.2, -0.15) is 10.1 Å². The van der Waals surface area contributed by atoms with Crippen LogP contribution < -0.4 is 5.73 Å². The SMILES string of the molecule is CCc1cc(-c2nc(CC(N)CC)no2)n(CC)n1. The molecule has 0 fully saturated rings. The first-order valence-electron chi connectivity index (χ1n) is 6.83. The van der Waals surface area contributed by atoms with E-state index in [-0.39, 0.29) is 6.04 Å². The smallest absolute Gasteiger partial charge is 0.276 e. The molecule has 19 heavy (non-hydrogen) atoms. The van der Waals surface area contributed by atoms with Crippen LogP contribution in [-0.4, -0.2) is 26.0 Å². The zero-order valence-corrected chi connectivity index (χ0v) is 11.8. The topological polar surface area (TPSA) is 82.8 Å². The molecular weight excluding hydrogens is 242 g/mol. The third kappa shape index (κ3) is 3.01. The molecule has 0 radical (unpaired) electrons. The summed E-state index contributed by atoms with van der Waals surface area (Å²) in [4.78, 5) is 4.41. The zero-order valence-electron chi connectivity index (χ0n) is 11.8. The van der Waals surface area contributed by atoms with Gasteiger partial charge < -0.3 is 10.3 Å². The molecule has 0 amide bonds. The van der Waals surface area contributed by atoms with Gasteiger partial charge in [-0.05, 0) is 25.8 Å². The predicted octanol–water partition coefficient (Wildman–Crippen LogP) is 1.80. The van der Waals surface area contributed by atoms with Crippen LogP contribution >= 0.6 is 0 Å². The van der Waals surface area contributed by atoms with Gasteiger partial charge in [0.25, 0.3) is 5.89 Å². The third-order valence-corrected chi connectivity index (χ3v) is 3.15. The number of aryl methyl sites for hydroxylation is 2. The van der Waals surface area contributed by atoms with Crippen molar-refractivity contribution in [2.45, 2.75) is 52.6 Å². The van der Waals surface area contributed by atoms with E-state index in [2.05, 4.69) is 22.2 Å². The first kappa shape index (κ1) is 13.7. The van der Waals surface area contributed by atoms with Gasteiger partial charge >= 0.3 is 0 Å². The highest BCUT2D eigenvalue weighted by Crippen LogP contribution is 2.19. The molecule has 2 heterocycles. The van der Waals surface area contributed by atoms with Crippen LogP contribution in [0.4, 0.5) is 0 Å². The molecule has 2 rings (SSSR count). The van der Waals surface area contributed by atoms with Crippen molar-refractivity contribution >= 4 is 0 Å². The zero-order chi connectivity index (χ0) is 13.8. The summed E-state index contributed by atoms with van der Waals surface area (Å²) in [6.45, 7) is 6.94. The maximum atomic E-state index is 5.90. The molecule has 0 saturated heterocycles. The molecule has 0 bridgehead atoms. The summed E-state index contributed by atoms with van der Waals surface area (Å²) >= 11 is 0. The molecule has 2 aromatic rings. The molecule has 2 aromatic heterocycles. The Labute approximate surface area is 113 Å². The lowest BCUT2D eigenvalue weighted by atomic mass is 10.2. The van der Waals surface area contributed by atoms with Gasteiger partial charge in [0, 0.05) is 19.0 Å². The lowest BCUT2D eigenvalue weighted by molar-refractivity contribution is 0.415. The highest BCUT2D eigenvalue weighted by molar-refractivity contribution is 5.48. The van der Waals surface area contributed by atoms with E-state index in [0.29, 0.717) is 18.1 Å². The average Bonchev–Trinajstić information content (AvgIpc) is 3.03. The molecule has 0 aliphatic carbocycles. The van der Waals surface area contributed by atoms with Crippen molar-refractivity contribution < 1.29 is 4.52 Å².